The first-order valence-electron chi connectivity index (χ1n) is 7.48. The van der Waals surface area contributed by atoms with Crippen molar-refractivity contribution in [2.75, 3.05) is 13.1 Å². The zero-order chi connectivity index (χ0) is 14.8. The molecule has 1 aromatic heterocycles. The molecule has 1 saturated heterocycles. The molecule has 0 atom stereocenters. The zero-order valence-corrected chi connectivity index (χ0v) is 12.7. The van der Waals surface area contributed by atoms with E-state index in [1.165, 1.54) is 31.9 Å². The lowest BCUT2D eigenvalue weighted by atomic mass is 9.74. The third kappa shape index (κ3) is 2.87. The van der Waals surface area contributed by atoms with Crippen LogP contribution in [0.15, 0.2) is 6.20 Å². The zero-order valence-electron chi connectivity index (χ0n) is 12.7. The van der Waals surface area contributed by atoms with Crippen LogP contribution in [0.2, 0.25) is 0 Å². The first-order chi connectivity index (χ1) is 9.51. The minimum atomic E-state index is -0.887. The third-order valence-corrected chi connectivity index (χ3v) is 5.08. The second kappa shape index (κ2) is 5.95. The highest BCUT2D eigenvalue weighted by molar-refractivity contribution is 5.88. The number of carbonyl (C=O) groups is 1. The van der Waals surface area contributed by atoms with Gasteiger partial charge in [-0.1, -0.05) is 26.7 Å². The van der Waals surface area contributed by atoms with Gasteiger partial charge in [0.05, 0.1) is 11.9 Å². The van der Waals surface area contributed by atoms with Crippen molar-refractivity contribution >= 4 is 5.97 Å². The Morgan fingerprint density at radius 3 is 2.45 bits per heavy atom. The average molecular weight is 279 g/mol. The molecule has 20 heavy (non-hydrogen) atoms. The number of aromatic carboxylic acids is 1. The van der Waals surface area contributed by atoms with Gasteiger partial charge in [0.25, 0.3) is 0 Å². The molecule has 1 aliphatic rings. The van der Waals surface area contributed by atoms with Crippen molar-refractivity contribution in [3.05, 3.63) is 17.5 Å². The highest BCUT2D eigenvalue weighted by Crippen LogP contribution is 2.38. The van der Waals surface area contributed by atoms with Crippen molar-refractivity contribution in [2.24, 2.45) is 12.5 Å². The number of nitrogens with zero attached hydrogens (tertiary/aromatic N) is 3. The summed E-state index contributed by atoms with van der Waals surface area (Å²) < 4.78 is 1.69. The molecule has 5 nitrogen and oxygen atoms in total. The predicted molar refractivity (Wildman–Crippen MR) is 77.7 cm³/mol. The van der Waals surface area contributed by atoms with Crippen molar-refractivity contribution < 1.29 is 9.90 Å². The summed E-state index contributed by atoms with van der Waals surface area (Å²) >= 11 is 0. The summed E-state index contributed by atoms with van der Waals surface area (Å²) in [5.41, 5.74) is 1.63. The molecule has 1 aliphatic heterocycles. The number of aromatic nitrogens is 2. The SMILES string of the molecule is CCC1(CC)CCN(Cc2c(C(=O)O)cnn2C)CC1. The second-order valence-corrected chi connectivity index (χ2v) is 5.92. The number of hydrogen-bond donors (Lipinski definition) is 1. The summed E-state index contributed by atoms with van der Waals surface area (Å²) in [7, 11) is 1.81. The topological polar surface area (TPSA) is 58.4 Å². The molecule has 5 heteroatoms. The molecule has 0 spiro atoms. The van der Waals surface area contributed by atoms with Gasteiger partial charge in [-0.3, -0.25) is 9.58 Å². The van der Waals surface area contributed by atoms with Crippen molar-refractivity contribution in [3.63, 3.8) is 0 Å². The van der Waals surface area contributed by atoms with Gasteiger partial charge in [0.2, 0.25) is 0 Å². The molecule has 0 unspecified atom stereocenters. The number of carboxylic acid groups (broad SMARTS) is 1. The first-order valence-corrected chi connectivity index (χ1v) is 7.48. The van der Waals surface area contributed by atoms with Gasteiger partial charge in [0.15, 0.2) is 0 Å². The number of aryl methyl sites for hydroxylation is 1. The molecule has 0 saturated carbocycles. The van der Waals surface area contributed by atoms with Gasteiger partial charge in [-0.2, -0.15) is 5.10 Å². The Balaban J connectivity index is 2.03. The van der Waals surface area contributed by atoms with Crippen LogP contribution < -0.4 is 0 Å². The van der Waals surface area contributed by atoms with Gasteiger partial charge >= 0.3 is 5.97 Å². The molecule has 0 aliphatic carbocycles. The summed E-state index contributed by atoms with van der Waals surface area (Å²) in [5, 5.41) is 13.3. The molecule has 2 rings (SSSR count). The fourth-order valence-corrected chi connectivity index (χ4v) is 3.18. The van der Waals surface area contributed by atoms with E-state index in [-0.39, 0.29) is 0 Å². The lowest BCUT2D eigenvalue weighted by Gasteiger charge is -2.41. The molecule has 0 amide bonds. The molecule has 2 heterocycles. The first kappa shape index (κ1) is 15.0. The Kier molecular flexibility index (Phi) is 4.48. The second-order valence-electron chi connectivity index (χ2n) is 5.92. The van der Waals surface area contributed by atoms with E-state index in [1.807, 2.05) is 7.05 Å². The Morgan fingerprint density at radius 2 is 1.95 bits per heavy atom. The van der Waals surface area contributed by atoms with Crippen molar-refractivity contribution in [1.82, 2.24) is 14.7 Å². The molecule has 0 bridgehead atoms. The number of hydrogen-bond acceptors (Lipinski definition) is 3. The van der Waals surface area contributed by atoms with Crippen LogP contribution in [-0.4, -0.2) is 38.8 Å². The quantitative estimate of drug-likeness (QED) is 0.899. The molecular weight excluding hydrogens is 254 g/mol. The Bertz CT molecular complexity index is 467. The molecule has 1 fully saturated rings. The number of rotatable bonds is 5. The van der Waals surface area contributed by atoms with Gasteiger partial charge < -0.3 is 5.11 Å². The highest BCUT2D eigenvalue weighted by atomic mass is 16.4. The van der Waals surface area contributed by atoms with Crippen LogP contribution in [0.5, 0.6) is 0 Å². The maximum absolute atomic E-state index is 11.2. The van der Waals surface area contributed by atoms with E-state index in [1.54, 1.807) is 4.68 Å². The Hall–Kier alpha value is -1.36. The number of carboxylic acids is 1. The molecule has 0 radical (unpaired) electrons. The van der Waals surface area contributed by atoms with Crippen molar-refractivity contribution in [2.45, 2.75) is 46.1 Å². The molecule has 1 aromatic rings. The Morgan fingerprint density at radius 1 is 1.35 bits per heavy atom. The fourth-order valence-electron chi connectivity index (χ4n) is 3.18. The van der Waals surface area contributed by atoms with E-state index in [0.717, 1.165) is 18.8 Å². The van der Waals surface area contributed by atoms with Gasteiger partial charge in [-0.05, 0) is 31.3 Å². The van der Waals surface area contributed by atoms with Gasteiger partial charge in [-0.25, -0.2) is 4.79 Å². The highest BCUT2D eigenvalue weighted by Gasteiger charge is 2.31. The van der Waals surface area contributed by atoms with E-state index < -0.39 is 5.97 Å². The van der Waals surface area contributed by atoms with Crippen molar-refractivity contribution in [3.8, 4) is 0 Å². The third-order valence-electron chi connectivity index (χ3n) is 5.08. The molecule has 1 N–H and O–H groups in total. The van der Waals surface area contributed by atoms with E-state index >= 15 is 0 Å². The summed E-state index contributed by atoms with van der Waals surface area (Å²) in [6.45, 7) is 7.34. The van der Waals surface area contributed by atoms with E-state index in [0.29, 0.717) is 17.5 Å². The van der Waals surface area contributed by atoms with E-state index in [9.17, 15) is 9.90 Å². The van der Waals surface area contributed by atoms with Gasteiger partial charge in [0, 0.05) is 13.6 Å². The fraction of sp³-hybridized carbons (Fsp3) is 0.733. The lowest BCUT2D eigenvalue weighted by molar-refractivity contribution is 0.0687. The Labute approximate surface area is 120 Å². The van der Waals surface area contributed by atoms with Crippen LogP contribution in [0, 0.1) is 5.41 Å². The van der Waals surface area contributed by atoms with Crippen LogP contribution in [-0.2, 0) is 13.6 Å². The maximum atomic E-state index is 11.2. The van der Waals surface area contributed by atoms with Crippen LogP contribution in [0.4, 0.5) is 0 Å². The molecular formula is C15H25N3O2. The van der Waals surface area contributed by atoms with Gasteiger partial charge in [0.1, 0.15) is 5.56 Å². The molecule has 0 aromatic carbocycles. The summed E-state index contributed by atoms with van der Waals surface area (Å²) in [4.78, 5) is 13.6. The standard InChI is InChI=1S/C15H25N3O2/c1-4-15(5-2)6-8-18(9-7-15)11-13-12(14(19)20)10-16-17(13)3/h10H,4-9,11H2,1-3H3,(H,19,20). The smallest absolute Gasteiger partial charge is 0.339 e. The van der Waals surface area contributed by atoms with Crippen LogP contribution in [0.3, 0.4) is 0 Å². The number of likely N-dealkylation sites (tertiary alicyclic amines) is 1. The minimum Gasteiger partial charge on any atom is -0.478 e. The average Bonchev–Trinajstić information content (AvgIpc) is 2.82. The minimum absolute atomic E-state index is 0.329. The van der Waals surface area contributed by atoms with Crippen molar-refractivity contribution in [1.29, 1.82) is 0 Å². The summed E-state index contributed by atoms with van der Waals surface area (Å²) in [6.07, 6.45) is 6.34. The normalized spacial score (nSPS) is 19.1. The van der Waals surface area contributed by atoms with Crippen LogP contribution >= 0.6 is 0 Å². The van der Waals surface area contributed by atoms with Gasteiger partial charge in [-0.15, -0.1) is 0 Å². The van der Waals surface area contributed by atoms with Crippen LogP contribution in [0.25, 0.3) is 0 Å². The lowest BCUT2D eigenvalue weighted by Crippen LogP contribution is -2.39. The largest absolute Gasteiger partial charge is 0.478 e. The van der Waals surface area contributed by atoms with E-state index in [2.05, 4.69) is 23.8 Å². The molecule has 112 valence electrons. The number of piperidine rings is 1. The monoisotopic (exact) mass is 279 g/mol. The van der Waals surface area contributed by atoms with Crippen LogP contribution in [0.1, 0.15) is 55.6 Å². The summed E-state index contributed by atoms with van der Waals surface area (Å²) in [6, 6.07) is 0. The predicted octanol–water partition coefficient (Wildman–Crippen LogP) is 2.52. The van der Waals surface area contributed by atoms with E-state index in [4.69, 9.17) is 0 Å². The maximum Gasteiger partial charge on any atom is 0.339 e. The summed E-state index contributed by atoms with van der Waals surface area (Å²) in [5.74, 6) is -0.887.